The van der Waals surface area contributed by atoms with E-state index in [9.17, 15) is 0 Å². The molecule has 128 valence electrons. The van der Waals surface area contributed by atoms with Crippen LogP contribution in [0.2, 0.25) is 0 Å². The molecule has 2 heterocycles. The van der Waals surface area contributed by atoms with E-state index >= 15 is 0 Å². The first-order chi connectivity index (χ1) is 13.3. The van der Waals surface area contributed by atoms with Crippen LogP contribution in [-0.4, -0.2) is 11.6 Å². The molecular weight excluding hydrogens is 328 g/mol. The lowest BCUT2D eigenvalue weighted by atomic mass is 9.97. The van der Waals surface area contributed by atoms with Crippen LogP contribution in [0, 0.1) is 0 Å². The summed E-state index contributed by atoms with van der Waals surface area (Å²) in [7, 11) is 2.16. The molecule has 0 radical (unpaired) electrons. The Labute approximate surface area is 157 Å². The minimum atomic E-state index is 1.19. The minimum absolute atomic E-state index is 1.19. The van der Waals surface area contributed by atoms with Gasteiger partial charge in [0.05, 0.1) is 11.2 Å². The number of hydrogen-bond donors (Lipinski definition) is 0. The van der Waals surface area contributed by atoms with Crippen LogP contribution < -0.4 is 4.90 Å². The van der Waals surface area contributed by atoms with Crippen LogP contribution in [0.4, 0.5) is 11.5 Å². The van der Waals surface area contributed by atoms with Crippen LogP contribution in [-0.2, 0) is 0 Å². The van der Waals surface area contributed by atoms with Crippen molar-refractivity contribution in [1.29, 1.82) is 0 Å². The molecule has 0 bridgehead atoms. The van der Waals surface area contributed by atoms with E-state index in [0.717, 1.165) is 0 Å². The Morgan fingerprint density at radius 1 is 0.556 bits per heavy atom. The molecule has 0 N–H and O–H groups in total. The summed E-state index contributed by atoms with van der Waals surface area (Å²) in [4.78, 5) is 2.31. The zero-order chi connectivity index (χ0) is 18.0. The van der Waals surface area contributed by atoms with Crippen LogP contribution in [0.5, 0.6) is 0 Å². The van der Waals surface area contributed by atoms with Gasteiger partial charge in [-0.15, -0.1) is 0 Å². The number of aromatic nitrogens is 1. The summed E-state index contributed by atoms with van der Waals surface area (Å²) >= 11 is 0. The second-order valence-electron chi connectivity index (χ2n) is 7.19. The Bertz CT molecular complexity index is 1340. The molecule has 5 aromatic rings. The van der Waals surface area contributed by atoms with Crippen molar-refractivity contribution in [2.75, 3.05) is 11.9 Å². The summed E-state index contributed by atoms with van der Waals surface area (Å²) in [6.07, 6.45) is 0. The molecule has 2 heteroatoms. The van der Waals surface area contributed by atoms with Gasteiger partial charge in [-0.2, -0.15) is 0 Å². The number of hydrogen-bond acceptors (Lipinski definition) is 1. The molecule has 27 heavy (non-hydrogen) atoms. The van der Waals surface area contributed by atoms with Crippen molar-refractivity contribution >= 4 is 33.2 Å². The minimum Gasteiger partial charge on any atom is -0.330 e. The number of anilines is 2. The SMILES string of the molecule is CN1c2ccccc2-c2cc3ccccc3cc2-n2c1cc1ccccc12. The van der Waals surface area contributed by atoms with Crippen LogP contribution >= 0.6 is 0 Å². The van der Waals surface area contributed by atoms with Crippen LogP contribution in [0.25, 0.3) is 38.5 Å². The van der Waals surface area contributed by atoms with Crippen LogP contribution in [0.15, 0.2) is 91.0 Å². The fraction of sp³-hybridized carbons (Fsp3) is 0.0400. The number of rotatable bonds is 0. The van der Waals surface area contributed by atoms with E-state index in [1.54, 1.807) is 0 Å². The van der Waals surface area contributed by atoms with Crippen molar-refractivity contribution in [3.63, 3.8) is 0 Å². The third kappa shape index (κ3) is 1.95. The van der Waals surface area contributed by atoms with Gasteiger partial charge in [-0.1, -0.05) is 60.7 Å². The fourth-order valence-electron chi connectivity index (χ4n) is 4.39. The molecule has 0 amide bonds. The molecule has 0 saturated heterocycles. The smallest absolute Gasteiger partial charge is 0.118 e. The first kappa shape index (κ1) is 14.6. The molecule has 6 rings (SSSR count). The highest BCUT2D eigenvalue weighted by atomic mass is 15.2. The molecule has 0 spiro atoms. The largest absolute Gasteiger partial charge is 0.330 e. The summed E-state index contributed by atoms with van der Waals surface area (Å²) in [5, 5.41) is 3.80. The molecule has 0 fully saturated rings. The lowest BCUT2D eigenvalue weighted by molar-refractivity contribution is 1.06. The summed E-state index contributed by atoms with van der Waals surface area (Å²) in [5.74, 6) is 1.19. The average molecular weight is 346 g/mol. The Morgan fingerprint density at radius 2 is 1.22 bits per heavy atom. The summed E-state index contributed by atoms with van der Waals surface area (Å²) in [6.45, 7) is 0. The lowest BCUT2D eigenvalue weighted by Crippen LogP contribution is -2.12. The Morgan fingerprint density at radius 3 is 2.07 bits per heavy atom. The molecule has 2 nitrogen and oxygen atoms in total. The highest BCUT2D eigenvalue weighted by Gasteiger charge is 2.24. The quantitative estimate of drug-likeness (QED) is 0.309. The van der Waals surface area contributed by atoms with Crippen molar-refractivity contribution in [3.8, 4) is 16.8 Å². The van der Waals surface area contributed by atoms with Gasteiger partial charge >= 0.3 is 0 Å². The maximum Gasteiger partial charge on any atom is 0.118 e. The molecular formula is C25H18N2. The normalized spacial score (nSPS) is 12.6. The highest BCUT2D eigenvalue weighted by molar-refractivity contribution is 6.00. The third-order valence-electron chi connectivity index (χ3n) is 5.70. The number of para-hydroxylation sites is 2. The maximum absolute atomic E-state index is 2.40. The molecule has 1 aliphatic rings. The van der Waals surface area contributed by atoms with E-state index in [0.29, 0.717) is 0 Å². The number of benzene rings is 4. The number of fused-ring (bicyclic) bond motifs is 8. The van der Waals surface area contributed by atoms with E-state index in [4.69, 9.17) is 0 Å². The summed E-state index contributed by atoms with van der Waals surface area (Å²) < 4.78 is 2.40. The van der Waals surface area contributed by atoms with Crippen molar-refractivity contribution < 1.29 is 0 Å². The summed E-state index contributed by atoms with van der Waals surface area (Å²) in [6, 6.07) is 32.9. The maximum atomic E-state index is 2.40. The highest BCUT2D eigenvalue weighted by Crippen LogP contribution is 2.45. The summed E-state index contributed by atoms with van der Waals surface area (Å²) in [5.41, 5.74) is 6.26. The van der Waals surface area contributed by atoms with Crippen molar-refractivity contribution in [1.82, 2.24) is 4.57 Å². The van der Waals surface area contributed by atoms with Gasteiger partial charge in [0.15, 0.2) is 0 Å². The second kappa shape index (κ2) is 5.24. The van der Waals surface area contributed by atoms with Gasteiger partial charge in [0.25, 0.3) is 0 Å². The first-order valence-electron chi connectivity index (χ1n) is 9.28. The molecule has 0 unspecified atom stereocenters. The standard InChI is InChI=1S/C25H18N2/c1-26-23-13-7-5-11-20(23)21-14-17-8-2-3-9-18(17)15-24(21)27-22-12-6-4-10-19(22)16-25(26)27/h2-16H,1H3. The lowest BCUT2D eigenvalue weighted by Gasteiger charge is -2.20. The average Bonchev–Trinajstić information content (AvgIpc) is 3.07. The Kier molecular flexibility index (Phi) is 2.84. The van der Waals surface area contributed by atoms with Crippen molar-refractivity contribution in [2.24, 2.45) is 0 Å². The van der Waals surface area contributed by atoms with Crippen molar-refractivity contribution in [3.05, 3.63) is 91.0 Å². The van der Waals surface area contributed by atoms with Gasteiger partial charge in [0.1, 0.15) is 5.82 Å². The topological polar surface area (TPSA) is 8.17 Å². The number of nitrogens with zero attached hydrogens (tertiary/aromatic N) is 2. The second-order valence-corrected chi connectivity index (χ2v) is 7.19. The van der Waals surface area contributed by atoms with Gasteiger partial charge in [-0.05, 0) is 41.1 Å². The Hall–Kier alpha value is -3.52. The molecule has 4 aromatic carbocycles. The van der Waals surface area contributed by atoms with E-state index < -0.39 is 0 Å². The molecule has 0 atom stereocenters. The van der Waals surface area contributed by atoms with E-state index in [2.05, 4.69) is 108 Å². The van der Waals surface area contributed by atoms with E-state index in [-0.39, 0.29) is 0 Å². The van der Waals surface area contributed by atoms with Crippen molar-refractivity contribution in [2.45, 2.75) is 0 Å². The van der Waals surface area contributed by atoms with Gasteiger partial charge in [0, 0.05) is 29.2 Å². The van der Waals surface area contributed by atoms with Gasteiger partial charge < -0.3 is 4.90 Å². The zero-order valence-corrected chi connectivity index (χ0v) is 15.1. The van der Waals surface area contributed by atoms with E-state index in [1.807, 2.05) is 0 Å². The first-order valence-corrected chi connectivity index (χ1v) is 9.28. The van der Waals surface area contributed by atoms with Gasteiger partial charge in [-0.3, -0.25) is 4.57 Å². The molecule has 0 aliphatic carbocycles. The third-order valence-corrected chi connectivity index (χ3v) is 5.70. The molecule has 1 aliphatic heterocycles. The Balaban J connectivity index is 1.85. The monoisotopic (exact) mass is 346 g/mol. The van der Waals surface area contributed by atoms with Crippen LogP contribution in [0.3, 0.4) is 0 Å². The van der Waals surface area contributed by atoms with E-state index in [1.165, 1.54) is 50.0 Å². The predicted octanol–water partition coefficient (Wildman–Crippen LogP) is 6.53. The molecule has 1 aromatic heterocycles. The fourth-order valence-corrected chi connectivity index (χ4v) is 4.39. The zero-order valence-electron chi connectivity index (χ0n) is 15.1. The van der Waals surface area contributed by atoms with Gasteiger partial charge in [0.2, 0.25) is 0 Å². The van der Waals surface area contributed by atoms with Crippen LogP contribution in [0.1, 0.15) is 0 Å². The predicted molar refractivity (Wildman–Crippen MR) is 114 cm³/mol. The molecule has 0 saturated carbocycles. The van der Waals surface area contributed by atoms with Gasteiger partial charge in [-0.25, -0.2) is 0 Å².